The average Bonchev–Trinajstić information content (AvgIpc) is 2.75. The van der Waals surface area contributed by atoms with E-state index in [0.717, 1.165) is 17.5 Å². The molecule has 9 heteroatoms. The van der Waals surface area contributed by atoms with Gasteiger partial charge in [-0.25, -0.2) is 0 Å². The summed E-state index contributed by atoms with van der Waals surface area (Å²) < 4.78 is 15.5. The summed E-state index contributed by atoms with van der Waals surface area (Å²) >= 11 is 15.1. The molecule has 1 unspecified atom stereocenters. The predicted molar refractivity (Wildman–Crippen MR) is 143 cm³/mol. The Bertz CT molecular complexity index is 927. The first-order valence-corrected chi connectivity index (χ1v) is 14.5. The van der Waals surface area contributed by atoms with Crippen LogP contribution in [0, 0.1) is 0 Å². The number of halogens is 3. The summed E-state index contributed by atoms with van der Waals surface area (Å²) in [4.78, 5) is 0. The summed E-state index contributed by atoms with van der Waals surface area (Å²) in [5.74, 6) is 1.23. The Balaban J connectivity index is 2.17. The second-order valence-electron chi connectivity index (χ2n) is 7.38. The molecule has 0 aliphatic carbocycles. The zero-order valence-electron chi connectivity index (χ0n) is 17.7. The van der Waals surface area contributed by atoms with E-state index < -0.39 is 0 Å². The van der Waals surface area contributed by atoms with Crippen molar-refractivity contribution in [2.75, 3.05) is 13.2 Å². The maximum absolute atomic E-state index is 6.45. The molecule has 0 spiro atoms. The second kappa shape index (κ2) is 12.1. The van der Waals surface area contributed by atoms with Crippen LogP contribution in [0.3, 0.4) is 0 Å². The van der Waals surface area contributed by atoms with Gasteiger partial charge < -0.3 is 20.9 Å². The van der Waals surface area contributed by atoms with E-state index in [4.69, 9.17) is 44.1 Å². The lowest BCUT2D eigenvalue weighted by atomic mass is 9.78. The van der Waals surface area contributed by atoms with E-state index in [1.54, 1.807) is 6.21 Å². The molecule has 2 aromatic carbocycles. The van der Waals surface area contributed by atoms with Gasteiger partial charge in [0, 0.05) is 5.41 Å². The maximum atomic E-state index is 6.45. The lowest BCUT2D eigenvalue weighted by molar-refractivity contribution is 0.317. The highest BCUT2D eigenvalue weighted by Crippen LogP contribution is 2.40. The van der Waals surface area contributed by atoms with Crippen LogP contribution < -0.4 is 20.9 Å². The summed E-state index contributed by atoms with van der Waals surface area (Å²) in [6.07, 6.45) is 2.84. The maximum Gasteiger partial charge on any atom is 0.156 e. The van der Waals surface area contributed by atoms with Gasteiger partial charge in [0.05, 0.1) is 40.6 Å². The van der Waals surface area contributed by atoms with E-state index in [2.05, 4.69) is 40.7 Å². The minimum Gasteiger partial charge on any atom is -0.490 e. The van der Waals surface area contributed by atoms with Crippen LogP contribution in [0.2, 0.25) is 10.0 Å². The van der Waals surface area contributed by atoms with Crippen LogP contribution in [0.15, 0.2) is 52.6 Å². The first-order chi connectivity index (χ1) is 14.7. The van der Waals surface area contributed by atoms with Gasteiger partial charge in [0.2, 0.25) is 0 Å². The predicted octanol–water partition coefficient (Wildman–Crippen LogP) is 6.63. The quantitative estimate of drug-likeness (QED) is 0.184. The minimum atomic E-state index is -0.324. The molecule has 2 rings (SSSR count). The Kier molecular flexibility index (Phi) is 10.2. The average molecular weight is 594 g/mol. The SMILES string of the molecule is CCCOc1c(Cl)cc(C(C)(C)c2ccc(OC/C(N)=C(N)/C=N/PI)cc2)cc1Cl. The minimum absolute atomic E-state index is 0.190. The molecule has 31 heavy (non-hydrogen) atoms. The van der Waals surface area contributed by atoms with Crippen molar-refractivity contribution in [3.8, 4) is 11.5 Å². The summed E-state index contributed by atoms with van der Waals surface area (Å²) in [5.41, 5.74) is 14.4. The number of nitrogens with zero attached hydrogens (tertiary/aromatic N) is 1. The van der Waals surface area contributed by atoms with Crippen LogP contribution >= 0.6 is 51.6 Å². The Morgan fingerprint density at radius 1 is 1.10 bits per heavy atom. The number of rotatable bonds is 10. The van der Waals surface area contributed by atoms with Crippen molar-refractivity contribution in [2.24, 2.45) is 16.2 Å². The highest BCUT2D eigenvalue weighted by atomic mass is 127. The van der Waals surface area contributed by atoms with Crippen LogP contribution in [0.1, 0.15) is 38.3 Å². The van der Waals surface area contributed by atoms with Gasteiger partial charge in [-0.3, -0.25) is 4.76 Å². The first kappa shape index (κ1) is 26.0. The Morgan fingerprint density at radius 3 is 2.26 bits per heavy atom. The molecular weight excluding hydrogens is 567 g/mol. The van der Waals surface area contributed by atoms with Crippen molar-refractivity contribution in [3.05, 3.63) is 69.0 Å². The number of hydrogen-bond acceptors (Lipinski definition) is 5. The van der Waals surface area contributed by atoms with Crippen LogP contribution in [0.25, 0.3) is 0 Å². The topological polar surface area (TPSA) is 82.9 Å². The third kappa shape index (κ3) is 7.14. The number of ether oxygens (including phenoxy) is 2. The van der Waals surface area contributed by atoms with E-state index in [1.165, 1.54) is 0 Å². The molecule has 1 atom stereocenters. The Labute approximate surface area is 208 Å². The summed E-state index contributed by atoms with van der Waals surface area (Å²) in [6, 6.07) is 11.7. The fraction of sp³-hybridized carbons (Fsp3) is 0.318. The van der Waals surface area contributed by atoms with E-state index in [1.807, 2.05) is 43.3 Å². The molecule has 0 aliphatic rings. The standard InChI is InChI=1S/C22H27Cl2IN3O2P/c1-4-9-29-21-17(23)10-15(11-18(21)24)22(2,3)14-5-7-16(8-6-14)30-13-20(27)19(26)12-28-31-25/h5-8,10-12,31H,4,9,13,26-27H2,1-3H3/b20-19+,28-12+. The molecule has 168 valence electrons. The first-order valence-electron chi connectivity index (χ1n) is 9.69. The lowest BCUT2D eigenvalue weighted by Gasteiger charge is -2.27. The third-order valence-corrected chi connectivity index (χ3v) is 6.39. The summed E-state index contributed by atoms with van der Waals surface area (Å²) in [5, 5.41) is 1.02. The van der Waals surface area contributed by atoms with Crippen molar-refractivity contribution < 1.29 is 9.47 Å². The normalized spacial score (nSPS) is 13.1. The molecule has 0 aliphatic heterocycles. The Hall–Kier alpha value is -1.21. The molecule has 0 fully saturated rings. The zero-order valence-corrected chi connectivity index (χ0v) is 22.4. The van der Waals surface area contributed by atoms with Crippen LogP contribution in [0.4, 0.5) is 0 Å². The van der Waals surface area contributed by atoms with Crippen LogP contribution in [-0.4, -0.2) is 19.4 Å². The molecule has 0 saturated heterocycles. The fourth-order valence-electron chi connectivity index (χ4n) is 2.82. The van der Waals surface area contributed by atoms with Gasteiger partial charge in [-0.05, 0) is 63.9 Å². The number of benzene rings is 2. The third-order valence-electron chi connectivity index (χ3n) is 4.76. The van der Waals surface area contributed by atoms with Gasteiger partial charge in [-0.15, -0.1) is 0 Å². The molecule has 5 nitrogen and oxygen atoms in total. The second-order valence-corrected chi connectivity index (χ2v) is 10.1. The van der Waals surface area contributed by atoms with Gasteiger partial charge in [-0.1, -0.05) is 56.1 Å². The molecule has 0 aromatic heterocycles. The molecule has 0 bridgehead atoms. The number of allylic oxidation sites excluding steroid dienone is 1. The highest BCUT2D eigenvalue weighted by molar-refractivity contribution is 14.2. The number of nitrogens with two attached hydrogens (primary N) is 2. The molecule has 0 radical (unpaired) electrons. The van der Waals surface area contributed by atoms with Crippen molar-refractivity contribution in [3.63, 3.8) is 0 Å². The summed E-state index contributed by atoms with van der Waals surface area (Å²) in [7, 11) is 0. The molecule has 0 heterocycles. The van der Waals surface area contributed by atoms with E-state index >= 15 is 0 Å². The van der Waals surface area contributed by atoms with Crippen LogP contribution in [0.5, 0.6) is 11.5 Å². The van der Waals surface area contributed by atoms with Gasteiger partial charge >= 0.3 is 0 Å². The molecule has 2 aromatic rings. The smallest absolute Gasteiger partial charge is 0.156 e. The largest absolute Gasteiger partial charge is 0.490 e. The molecule has 4 N–H and O–H groups in total. The van der Waals surface area contributed by atoms with Crippen LogP contribution in [-0.2, 0) is 5.41 Å². The van der Waals surface area contributed by atoms with Crippen molar-refractivity contribution in [2.45, 2.75) is 32.6 Å². The van der Waals surface area contributed by atoms with Crippen molar-refractivity contribution >= 4 is 57.8 Å². The Morgan fingerprint density at radius 2 is 1.71 bits per heavy atom. The van der Waals surface area contributed by atoms with Gasteiger partial charge in [0.15, 0.2) is 5.75 Å². The molecular formula is C22H27Cl2IN3O2P. The van der Waals surface area contributed by atoms with Gasteiger partial charge in [0.1, 0.15) is 12.4 Å². The molecule has 0 amide bonds. The number of hydrogen-bond donors (Lipinski definition) is 2. The monoisotopic (exact) mass is 593 g/mol. The highest BCUT2D eigenvalue weighted by Gasteiger charge is 2.25. The van der Waals surface area contributed by atoms with Gasteiger partial charge in [0.25, 0.3) is 0 Å². The lowest BCUT2D eigenvalue weighted by Crippen LogP contribution is -2.19. The van der Waals surface area contributed by atoms with E-state index in [0.29, 0.717) is 45.9 Å². The zero-order chi connectivity index (χ0) is 23.0. The van der Waals surface area contributed by atoms with Gasteiger partial charge in [-0.2, -0.15) is 0 Å². The van der Waals surface area contributed by atoms with Crippen molar-refractivity contribution in [1.29, 1.82) is 0 Å². The summed E-state index contributed by atoms with van der Waals surface area (Å²) in [6.45, 7) is 7.03. The van der Waals surface area contributed by atoms with E-state index in [9.17, 15) is 0 Å². The fourth-order valence-corrected chi connectivity index (χ4v) is 4.02. The van der Waals surface area contributed by atoms with E-state index in [-0.39, 0.29) is 12.0 Å². The van der Waals surface area contributed by atoms with Crippen molar-refractivity contribution in [1.82, 2.24) is 0 Å². The molecule has 0 saturated carbocycles.